The summed E-state index contributed by atoms with van der Waals surface area (Å²) in [6, 6.07) is 5.88. The van der Waals surface area contributed by atoms with Crippen LogP contribution in [0.5, 0.6) is 0 Å². The lowest BCUT2D eigenvalue weighted by Gasteiger charge is -2.20. The zero-order chi connectivity index (χ0) is 12.8. The largest absolute Gasteiger partial charge is 0.375 e. The second kappa shape index (κ2) is 4.03. The Morgan fingerprint density at radius 3 is 2.95 bits per heavy atom. The van der Waals surface area contributed by atoms with Crippen LogP contribution in [0, 0.1) is 0 Å². The number of aromatic nitrogens is 3. The Kier molecular flexibility index (Phi) is 2.32. The van der Waals surface area contributed by atoms with Gasteiger partial charge in [0.2, 0.25) is 0 Å². The molecule has 0 radical (unpaired) electrons. The van der Waals surface area contributed by atoms with Gasteiger partial charge < -0.3 is 10.3 Å². The van der Waals surface area contributed by atoms with E-state index in [1.54, 1.807) is 0 Å². The van der Waals surface area contributed by atoms with Gasteiger partial charge in [-0.05, 0) is 31.0 Å². The van der Waals surface area contributed by atoms with Gasteiger partial charge in [-0.3, -0.25) is 0 Å². The lowest BCUT2D eigenvalue weighted by Crippen LogP contribution is -2.10. The quantitative estimate of drug-likeness (QED) is 0.775. The number of nitrogens with two attached hydrogens (primary N) is 1. The van der Waals surface area contributed by atoms with Crippen molar-refractivity contribution in [2.45, 2.75) is 25.2 Å². The fourth-order valence-electron chi connectivity index (χ4n) is 2.26. The SMILES string of the molecule is Nc1nc2ccc(-c3nc(C4CCC4)no3)cc2s1. The van der Waals surface area contributed by atoms with E-state index in [1.165, 1.54) is 30.6 Å². The first-order valence-corrected chi connectivity index (χ1v) is 7.11. The summed E-state index contributed by atoms with van der Waals surface area (Å²) in [4.78, 5) is 8.72. The highest BCUT2D eigenvalue weighted by atomic mass is 32.1. The van der Waals surface area contributed by atoms with Crippen molar-refractivity contribution in [1.82, 2.24) is 15.1 Å². The Morgan fingerprint density at radius 1 is 1.26 bits per heavy atom. The zero-order valence-corrected chi connectivity index (χ0v) is 11.0. The van der Waals surface area contributed by atoms with Crippen molar-refractivity contribution >= 4 is 26.7 Å². The smallest absolute Gasteiger partial charge is 0.257 e. The molecule has 2 aromatic heterocycles. The summed E-state index contributed by atoms with van der Waals surface area (Å²) < 4.78 is 6.40. The van der Waals surface area contributed by atoms with E-state index in [1.807, 2.05) is 18.2 Å². The molecule has 0 atom stereocenters. The molecule has 5 nitrogen and oxygen atoms in total. The number of nitrogens with zero attached hydrogens (tertiary/aromatic N) is 3. The normalized spacial score (nSPS) is 15.8. The molecule has 0 spiro atoms. The van der Waals surface area contributed by atoms with Crippen LogP contribution in [-0.4, -0.2) is 15.1 Å². The van der Waals surface area contributed by atoms with Gasteiger partial charge in [-0.2, -0.15) is 4.98 Å². The van der Waals surface area contributed by atoms with Crippen LogP contribution in [0.1, 0.15) is 31.0 Å². The standard InChI is InChI=1S/C13H12N4OS/c14-13-15-9-5-4-8(6-10(9)19-13)12-16-11(17-18-12)7-2-1-3-7/h4-7H,1-3H2,(H2,14,15). The van der Waals surface area contributed by atoms with Gasteiger partial charge in [0.05, 0.1) is 10.2 Å². The maximum Gasteiger partial charge on any atom is 0.257 e. The lowest BCUT2D eigenvalue weighted by atomic mass is 9.85. The number of anilines is 1. The first kappa shape index (κ1) is 10.9. The molecular weight excluding hydrogens is 260 g/mol. The van der Waals surface area contributed by atoms with Gasteiger partial charge >= 0.3 is 0 Å². The summed E-state index contributed by atoms with van der Waals surface area (Å²) in [6.07, 6.45) is 3.60. The van der Waals surface area contributed by atoms with Gasteiger partial charge in [0.15, 0.2) is 11.0 Å². The molecule has 1 aromatic carbocycles. The van der Waals surface area contributed by atoms with Gasteiger partial charge in [0.25, 0.3) is 5.89 Å². The average molecular weight is 272 g/mol. The van der Waals surface area contributed by atoms with E-state index >= 15 is 0 Å². The number of rotatable bonds is 2. The van der Waals surface area contributed by atoms with Crippen molar-refractivity contribution in [2.75, 3.05) is 5.73 Å². The van der Waals surface area contributed by atoms with Gasteiger partial charge in [-0.1, -0.05) is 22.9 Å². The molecule has 1 aliphatic carbocycles. The molecule has 6 heteroatoms. The fraction of sp³-hybridized carbons (Fsp3) is 0.308. The Labute approximate surface area is 113 Å². The molecule has 1 saturated carbocycles. The number of fused-ring (bicyclic) bond motifs is 1. The van der Waals surface area contributed by atoms with Gasteiger partial charge in [-0.25, -0.2) is 4.98 Å². The molecule has 0 bridgehead atoms. The fourth-order valence-corrected chi connectivity index (χ4v) is 3.03. The molecule has 19 heavy (non-hydrogen) atoms. The summed E-state index contributed by atoms with van der Waals surface area (Å²) >= 11 is 1.47. The van der Waals surface area contributed by atoms with Crippen LogP contribution in [0.2, 0.25) is 0 Å². The Balaban J connectivity index is 1.74. The number of hydrogen-bond donors (Lipinski definition) is 1. The molecular formula is C13H12N4OS. The first-order valence-electron chi connectivity index (χ1n) is 6.29. The van der Waals surface area contributed by atoms with Crippen molar-refractivity contribution < 1.29 is 4.52 Å². The maximum atomic E-state index is 5.70. The highest BCUT2D eigenvalue weighted by Gasteiger charge is 2.25. The number of nitrogen functional groups attached to an aromatic ring is 1. The van der Waals surface area contributed by atoms with Crippen LogP contribution in [0.15, 0.2) is 22.7 Å². The van der Waals surface area contributed by atoms with Crippen molar-refractivity contribution in [3.8, 4) is 11.5 Å². The molecule has 4 rings (SSSR count). The van der Waals surface area contributed by atoms with E-state index in [0.29, 0.717) is 16.9 Å². The van der Waals surface area contributed by atoms with E-state index in [0.717, 1.165) is 21.6 Å². The van der Waals surface area contributed by atoms with Crippen molar-refractivity contribution in [3.05, 3.63) is 24.0 Å². The maximum absolute atomic E-state index is 5.70. The minimum atomic E-state index is 0.486. The lowest BCUT2D eigenvalue weighted by molar-refractivity contribution is 0.366. The first-order chi connectivity index (χ1) is 9.29. The number of benzene rings is 1. The van der Waals surface area contributed by atoms with Crippen molar-refractivity contribution in [3.63, 3.8) is 0 Å². The minimum Gasteiger partial charge on any atom is -0.375 e. The predicted octanol–water partition coefficient (Wildman–Crippen LogP) is 3.20. The van der Waals surface area contributed by atoms with Crippen molar-refractivity contribution in [1.29, 1.82) is 0 Å². The second-order valence-corrected chi connectivity index (χ2v) is 5.88. The third kappa shape index (κ3) is 1.79. The molecule has 2 N–H and O–H groups in total. The minimum absolute atomic E-state index is 0.486. The van der Waals surface area contributed by atoms with Gasteiger partial charge in [-0.15, -0.1) is 0 Å². The topological polar surface area (TPSA) is 77.8 Å². The van der Waals surface area contributed by atoms with Gasteiger partial charge in [0.1, 0.15) is 0 Å². The second-order valence-electron chi connectivity index (χ2n) is 4.82. The van der Waals surface area contributed by atoms with Crippen LogP contribution in [0.25, 0.3) is 21.7 Å². The molecule has 0 amide bonds. The molecule has 1 aliphatic rings. The highest BCUT2D eigenvalue weighted by molar-refractivity contribution is 7.22. The van der Waals surface area contributed by atoms with E-state index in [-0.39, 0.29) is 0 Å². The predicted molar refractivity (Wildman–Crippen MR) is 73.9 cm³/mol. The molecule has 3 aromatic rings. The van der Waals surface area contributed by atoms with Gasteiger partial charge in [0, 0.05) is 11.5 Å². The van der Waals surface area contributed by atoms with E-state index in [9.17, 15) is 0 Å². The van der Waals surface area contributed by atoms with Crippen LogP contribution in [0.4, 0.5) is 5.13 Å². The monoisotopic (exact) mass is 272 g/mol. The molecule has 96 valence electrons. The van der Waals surface area contributed by atoms with E-state index < -0.39 is 0 Å². The molecule has 0 unspecified atom stereocenters. The molecule has 0 aliphatic heterocycles. The number of thiazole rings is 1. The summed E-state index contributed by atoms with van der Waals surface area (Å²) in [5.74, 6) is 1.90. The van der Waals surface area contributed by atoms with E-state index in [4.69, 9.17) is 10.3 Å². The summed E-state index contributed by atoms with van der Waals surface area (Å²) in [7, 11) is 0. The van der Waals surface area contributed by atoms with Crippen LogP contribution in [0.3, 0.4) is 0 Å². The Bertz CT molecular complexity index is 744. The van der Waals surface area contributed by atoms with Crippen molar-refractivity contribution in [2.24, 2.45) is 0 Å². The summed E-state index contributed by atoms with van der Waals surface area (Å²) in [5.41, 5.74) is 7.54. The summed E-state index contributed by atoms with van der Waals surface area (Å²) in [5, 5.41) is 4.65. The van der Waals surface area contributed by atoms with Crippen LogP contribution in [-0.2, 0) is 0 Å². The average Bonchev–Trinajstić information content (AvgIpc) is 2.91. The highest BCUT2D eigenvalue weighted by Crippen LogP contribution is 2.36. The zero-order valence-electron chi connectivity index (χ0n) is 10.2. The third-order valence-corrected chi connectivity index (χ3v) is 4.41. The van der Waals surface area contributed by atoms with Crippen LogP contribution < -0.4 is 5.73 Å². The summed E-state index contributed by atoms with van der Waals surface area (Å²) in [6.45, 7) is 0. The molecule has 0 saturated heterocycles. The Hall–Kier alpha value is -1.95. The third-order valence-electron chi connectivity index (χ3n) is 3.56. The molecule has 1 fully saturated rings. The van der Waals surface area contributed by atoms with E-state index in [2.05, 4.69) is 15.1 Å². The van der Waals surface area contributed by atoms with Crippen LogP contribution >= 0.6 is 11.3 Å². The number of hydrogen-bond acceptors (Lipinski definition) is 6. The Morgan fingerprint density at radius 2 is 2.16 bits per heavy atom. The molecule has 2 heterocycles.